The van der Waals surface area contributed by atoms with Crippen LogP contribution in [0.15, 0.2) is 0 Å². The molecule has 52 heavy (non-hydrogen) atoms. The molecule has 1 aromatic carbocycles. The summed E-state index contributed by atoms with van der Waals surface area (Å²) in [5.41, 5.74) is 2.50. The van der Waals surface area contributed by atoms with E-state index in [0.717, 1.165) is 66.3 Å². The summed E-state index contributed by atoms with van der Waals surface area (Å²) < 4.78 is 41.1. The topological polar surface area (TPSA) is 78.9 Å². The summed E-state index contributed by atoms with van der Waals surface area (Å²) in [6.07, 6.45) is 4.36. The molecule has 9 heteroatoms. The quantitative estimate of drug-likeness (QED) is 0.198. The fourth-order valence-electron chi connectivity index (χ4n) is 9.78. The van der Waals surface area contributed by atoms with E-state index >= 15 is 0 Å². The van der Waals surface area contributed by atoms with Crippen molar-refractivity contribution < 1.29 is 32.9 Å². The van der Waals surface area contributed by atoms with E-state index in [-0.39, 0.29) is 58.6 Å². The fraction of sp³-hybridized carbons (Fsp3) is 0.860. The first-order valence-corrected chi connectivity index (χ1v) is 26.2. The highest BCUT2D eigenvalue weighted by Crippen LogP contribution is 2.55. The molecule has 1 N–H and O–H groups in total. The molecule has 1 aromatic rings. The summed E-state index contributed by atoms with van der Waals surface area (Å²) in [5.74, 6) is 2.72. The molecule has 7 nitrogen and oxygen atoms in total. The largest absolute Gasteiger partial charge is 0.504 e. The number of rotatable bonds is 9. The van der Waals surface area contributed by atoms with Gasteiger partial charge in [-0.05, 0) is 93.5 Å². The van der Waals surface area contributed by atoms with Gasteiger partial charge in [-0.25, -0.2) is 0 Å². The molecule has 2 bridgehead atoms. The van der Waals surface area contributed by atoms with Crippen molar-refractivity contribution in [3.63, 3.8) is 0 Å². The van der Waals surface area contributed by atoms with Crippen LogP contribution >= 0.6 is 0 Å². The van der Waals surface area contributed by atoms with Crippen LogP contribution < -0.4 is 9.47 Å². The zero-order valence-corrected chi connectivity index (χ0v) is 38.3. The lowest BCUT2D eigenvalue weighted by Gasteiger charge is -2.50. The van der Waals surface area contributed by atoms with Crippen molar-refractivity contribution in [3.8, 4) is 17.2 Å². The lowest BCUT2D eigenvalue weighted by molar-refractivity contribution is -0.165. The van der Waals surface area contributed by atoms with Crippen LogP contribution in [0.2, 0.25) is 36.3 Å². The fourth-order valence-corrected chi connectivity index (χ4v) is 14.2. The van der Waals surface area contributed by atoms with Crippen LogP contribution in [0.1, 0.15) is 132 Å². The van der Waals surface area contributed by atoms with Gasteiger partial charge in [-0.1, -0.05) is 76.2 Å². The Labute approximate surface area is 320 Å². The van der Waals surface area contributed by atoms with Gasteiger partial charge in [0.25, 0.3) is 0 Å². The van der Waals surface area contributed by atoms with Crippen LogP contribution in [0.5, 0.6) is 17.2 Å². The Balaban J connectivity index is 1.98. The van der Waals surface area contributed by atoms with E-state index in [1.807, 2.05) is 6.92 Å². The van der Waals surface area contributed by atoms with Crippen LogP contribution in [0.3, 0.4) is 0 Å². The third-order valence-corrected chi connectivity index (χ3v) is 23.5. The van der Waals surface area contributed by atoms with Crippen molar-refractivity contribution in [2.45, 2.75) is 194 Å². The second-order valence-corrected chi connectivity index (χ2v) is 28.6. The maximum absolute atomic E-state index is 12.4. The Bertz CT molecular complexity index is 1350. The molecule has 300 valence electrons. The third kappa shape index (κ3) is 8.65. The first-order valence-electron chi connectivity index (χ1n) is 20.8. The maximum atomic E-state index is 12.4. The number of hydrogen-bond donors (Lipinski definition) is 1. The molecule has 11 atom stereocenters. The first kappa shape index (κ1) is 43.6. The highest BCUT2D eigenvalue weighted by atomic mass is 28.4. The molecule has 2 saturated heterocycles. The number of aromatic hydroxyl groups is 1. The highest BCUT2D eigenvalue weighted by molar-refractivity contribution is 6.74. The minimum Gasteiger partial charge on any atom is -0.504 e. The smallest absolute Gasteiger partial charge is 0.192 e. The number of hydrogen-bond acceptors (Lipinski definition) is 7. The van der Waals surface area contributed by atoms with E-state index in [1.165, 1.54) is 0 Å². The van der Waals surface area contributed by atoms with Crippen molar-refractivity contribution in [2.24, 2.45) is 29.6 Å². The van der Waals surface area contributed by atoms with Gasteiger partial charge < -0.3 is 32.9 Å². The Morgan fingerprint density at radius 1 is 0.865 bits per heavy atom. The molecule has 0 aromatic heterocycles. The molecule has 0 radical (unpaired) electrons. The lowest BCUT2D eigenvalue weighted by atomic mass is 9.75. The molecule has 0 aliphatic carbocycles. The van der Waals surface area contributed by atoms with Crippen molar-refractivity contribution >= 4 is 16.6 Å². The predicted octanol–water partition coefficient (Wildman–Crippen LogP) is 11.4. The molecule has 3 heterocycles. The molecule has 3 aliphatic heterocycles. The van der Waals surface area contributed by atoms with Gasteiger partial charge >= 0.3 is 0 Å². The Morgan fingerprint density at radius 3 is 2.00 bits per heavy atom. The average Bonchev–Trinajstić information content (AvgIpc) is 3.74. The normalized spacial score (nSPS) is 35.0. The van der Waals surface area contributed by atoms with Crippen molar-refractivity contribution in [1.29, 1.82) is 0 Å². The summed E-state index contributed by atoms with van der Waals surface area (Å²) in [6, 6.07) is 3.24. The number of methoxy groups -OCH3 is 2. The minimum absolute atomic E-state index is 0.0271. The number of ether oxygens (including phenoxy) is 4. The SMILES string of the molecule is CC[Si](CC)(CC)O[C@H]1Cc2c(OC)c(C)c(OC)c(O)c2[C@@H]2O[C@H](CC[C@H](C)C3OC3(C)C[C@@H](C)C[C@@H]1C)[C@H](C)[C@H](O[Si](C)(C)C(C)(C)C)[C@H]2C. The second-order valence-electron chi connectivity index (χ2n) is 19.1. The molecular formula is C43H78O7Si2. The molecule has 2 fully saturated rings. The van der Waals surface area contributed by atoms with Gasteiger partial charge in [0.15, 0.2) is 28.1 Å². The van der Waals surface area contributed by atoms with E-state index in [4.69, 9.17) is 27.8 Å². The summed E-state index contributed by atoms with van der Waals surface area (Å²) in [5, 5.41) is 12.5. The van der Waals surface area contributed by atoms with Gasteiger partial charge in [0, 0.05) is 34.9 Å². The van der Waals surface area contributed by atoms with Crippen molar-refractivity contribution in [2.75, 3.05) is 14.2 Å². The first-order chi connectivity index (χ1) is 24.1. The van der Waals surface area contributed by atoms with Crippen molar-refractivity contribution in [3.05, 3.63) is 16.7 Å². The zero-order chi connectivity index (χ0) is 39.1. The molecule has 4 rings (SSSR count). The van der Waals surface area contributed by atoms with Gasteiger partial charge in [0.1, 0.15) is 5.75 Å². The highest BCUT2D eigenvalue weighted by Gasteiger charge is 2.56. The number of phenolic OH excluding ortho intramolecular Hbond substituents is 1. The monoisotopic (exact) mass is 763 g/mol. The molecule has 0 saturated carbocycles. The van der Waals surface area contributed by atoms with Gasteiger partial charge in [-0.2, -0.15) is 0 Å². The van der Waals surface area contributed by atoms with E-state index in [9.17, 15) is 5.11 Å². The standard InChI is InChI=1S/C43H78O7Si2/c1-18-52(19-2,20-3)49-34-24-32-35(36(44)40(46-15)31(9)38(32)45-14)39-30(8)37(50-51(16,17)42(10,11)12)29(7)33(47-39)22-21-27(5)41-43(13,48-41)25-26(4)23-28(34)6/h26-30,33-34,37,39,41,44H,18-25H2,1-17H3/t26-,27-,28-,29-,30+,33+,34-,37-,39+,41?,43?/m0/s1. The van der Waals surface area contributed by atoms with Gasteiger partial charge in [0.05, 0.1) is 50.3 Å². The molecule has 2 unspecified atom stereocenters. The lowest BCUT2D eigenvalue weighted by Crippen LogP contribution is -2.53. The van der Waals surface area contributed by atoms with Crippen LogP contribution in [-0.2, 0) is 24.7 Å². The second kappa shape index (κ2) is 16.6. The summed E-state index contributed by atoms with van der Waals surface area (Å²) in [7, 11) is -0.802. The average molecular weight is 763 g/mol. The summed E-state index contributed by atoms with van der Waals surface area (Å²) in [4.78, 5) is 0. The van der Waals surface area contributed by atoms with Crippen LogP contribution in [0, 0.1) is 36.5 Å². The molecular weight excluding hydrogens is 685 g/mol. The molecule has 3 aliphatic rings. The number of epoxide rings is 1. The number of benzene rings is 1. The Kier molecular flexibility index (Phi) is 13.9. The summed E-state index contributed by atoms with van der Waals surface area (Å²) in [6.45, 7) is 34.6. The molecule has 0 spiro atoms. The van der Waals surface area contributed by atoms with E-state index in [0.29, 0.717) is 24.0 Å². The van der Waals surface area contributed by atoms with E-state index in [1.54, 1.807) is 14.2 Å². The van der Waals surface area contributed by atoms with Crippen LogP contribution in [0.25, 0.3) is 0 Å². The number of phenols is 1. The number of fused-ring (bicyclic) bond motifs is 5. The van der Waals surface area contributed by atoms with E-state index < -0.39 is 22.7 Å². The Hall–Kier alpha value is -1.11. The zero-order valence-electron chi connectivity index (χ0n) is 36.3. The minimum atomic E-state index is -2.17. The summed E-state index contributed by atoms with van der Waals surface area (Å²) >= 11 is 0. The third-order valence-electron chi connectivity index (χ3n) is 14.4. The van der Waals surface area contributed by atoms with Crippen LogP contribution in [-0.4, -0.2) is 66.0 Å². The maximum Gasteiger partial charge on any atom is 0.192 e. The molecule has 0 amide bonds. The van der Waals surface area contributed by atoms with Gasteiger partial charge in [-0.15, -0.1) is 0 Å². The Morgan fingerprint density at radius 2 is 1.46 bits per heavy atom. The predicted molar refractivity (Wildman–Crippen MR) is 219 cm³/mol. The van der Waals surface area contributed by atoms with Crippen LogP contribution in [0.4, 0.5) is 0 Å². The van der Waals surface area contributed by atoms with Gasteiger partial charge in [0.2, 0.25) is 0 Å². The van der Waals surface area contributed by atoms with E-state index in [2.05, 4.69) is 96.2 Å². The van der Waals surface area contributed by atoms with Crippen molar-refractivity contribution in [1.82, 2.24) is 0 Å². The van der Waals surface area contributed by atoms with Gasteiger partial charge in [-0.3, -0.25) is 0 Å².